The minimum absolute atomic E-state index is 0.0230. The number of amides is 1. The van der Waals surface area contributed by atoms with Crippen LogP contribution in [0.25, 0.3) is 0 Å². The van der Waals surface area contributed by atoms with E-state index in [2.05, 4.69) is 16.7 Å². The average molecular weight is 260 g/mol. The summed E-state index contributed by atoms with van der Waals surface area (Å²) in [5.41, 5.74) is 3.24. The van der Waals surface area contributed by atoms with Crippen molar-refractivity contribution in [2.75, 3.05) is 17.2 Å². The molecule has 4 nitrogen and oxygen atoms in total. The molecule has 1 fully saturated rings. The van der Waals surface area contributed by atoms with Crippen LogP contribution in [0.4, 0.5) is 11.4 Å². The highest BCUT2D eigenvalue weighted by Crippen LogP contribution is 2.31. The second kappa shape index (κ2) is 5.21. The minimum atomic E-state index is -0.297. The van der Waals surface area contributed by atoms with Crippen LogP contribution in [0.2, 0.25) is 0 Å². The molecule has 2 N–H and O–H groups in total. The Balaban J connectivity index is 1.74. The van der Waals surface area contributed by atoms with Crippen LogP contribution < -0.4 is 10.6 Å². The smallest absolute Gasteiger partial charge is 0.253 e. The van der Waals surface area contributed by atoms with Gasteiger partial charge in [-0.2, -0.15) is 0 Å². The van der Waals surface area contributed by atoms with Gasteiger partial charge < -0.3 is 15.4 Å². The van der Waals surface area contributed by atoms with Crippen LogP contribution in [0.15, 0.2) is 18.2 Å². The van der Waals surface area contributed by atoms with Gasteiger partial charge in [-0.05, 0) is 44.2 Å². The van der Waals surface area contributed by atoms with Crippen molar-refractivity contribution < 1.29 is 9.53 Å². The number of anilines is 2. The van der Waals surface area contributed by atoms with Gasteiger partial charge in [0.05, 0.1) is 17.5 Å². The molecule has 2 aliphatic heterocycles. The Hall–Kier alpha value is -1.55. The number of ether oxygens (including phenoxy) is 1. The number of fused-ring (bicyclic) bond motifs is 1. The molecule has 0 spiro atoms. The molecule has 19 heavy (non-hydrogen) atoms. The molecule has 0 saturated carbocycles. The molecule has 0 aliphatic carbocycles. The summed E-state index contributed by atoms with van der Waals surface area (Å²) in [4.78, 5) is 12.2. The standard InChI is InChI=1S/C15H20N2O2/c1-10-7-8-13(19-10)15(18)17-12-6-2-4-11-5-3-9-16-14(11)12/h2,4,6,10,13,16H,3,5,7-9H2,1H3,(H,17,18). The van der Waals surface area contributed by atoms with Gasteiger partial charge in [-0.15, -0.1) is 0 Å². The molecule has 2 atom stereocenters. The first kappa shape index (κ1) is 12.5. The molecule has 102 valence electrons. The molecule has 1 aromatic carbocycles. The van der Waals surface area contributed by atoms with Crippen LogP contribution >= 0.6 is 0 Å². The van der Waals surface area contributed by atoms with Gasteiger partial charge >= 0.3 is 0 Å². The predicted octanol–water partition coefficient (Wildman–Crippen LogP) is 2.55. The first-order valence-corrected chi connectivity index (χ1v) is 7.06. The van der Waals surface area contributed by atoms with Gasteiger partial charge in [-0.3, -0.25) is 4.79 Å². The molecule has 1 aromatic rings. The Morgan fingerprint density at radius 1 is 1.42 bits per heavy atom. The number of nitrogens with one attached hydrogen (secondary N) is 2. The molecular weight excluding hydrogens is 240 g/mol. The number of para-hydroxylation sites is 1. The summed E-state index contributed by atoms with van der Waals surface area (Å²) in [5, 5.41) is 6.39. The molecular formula is C15H20N2O2. The SMILES string of the molecule is CC1CCC(C(=O)Nc2cccc3c2NCCC3)O1. The van der Waals surface area contributed by atoms with E-state index in [1.54, 1.807) is 0 Å². The highest BCUT2D eigenvalue weighted by molar-refractivity contribution is 5.97. The normalized spacial score (nSPS) is 25.5. The van der Waals surface area contributed by atoms with Crippen molar-refractivity contribution in [3.05, 3.63) is 23.8 Å². The van der Waals surface area contributed by atoms with E-state index in [9.17, 15) is 4.79 Å². The van der Waals surface area contributed by atoms with E-state index in [1.807, 2.05) is 19.1 Å². The molecule has 2 aliphatic rings. The van der Waals surface area contributed by atoms with E-state index in [-0.39, 0.29) is 18.1 Å². The van der Waals surface area contributed by atoms with Crippen molar-refractivity contribution in [2.45, 2.75) is 44.8 Å². The van der Waals surface area contributed by atoms with Gasteiger partial charge in [-0.25, -0.2) is 0 Å². The van der Waals surface area contributed by atoms with Crippen molar-refractivity contribution in [3.63, 3.8) is 0 Å². The van der Waals surface area contributed by atoms with Crippen molar-refractivity contribution in [2.24, 2.45) is 0 Å². The van der Waals surface area contributed by atoms with Crippen LogP contribution in [0.3, 0.4) is 0 Å². The second-order valence-electron chi connectivity index (χ2n) is 5.37. The summed E-state index contributed by atoms with van der Waals surface area (Å²) in [6.45, 7) is 2.98. The summed E-state index contributed by atoms with van der Waals surface area (Å²) in [5.74, 6) is -0.0230. The number of aryl methyl sites for hydroxylation is 1. The lowest BCUT2D eigenvalue weighted by Crippen LogP contribution is -2.28. The quantitative estimate of drug-likeness (QED) is 0.859. The highest BCUT2D eigenvalue weighted by atomic mass is 16.5. The summed E-state index contributed by atoms with van der Waals surface area (Å²) in [6, 6.07) is 6.07. The number of benzene rings is 1. The molecule has 4 heteroatoms. The van der Waals surface area contributed by atoms with Crippen molar-refractivity contribution >= 4 is 17.3 Å². The first-order chi connectivity index (χ1) is 9.24. The summed E-state index contributed by atoms with van der Waals surface area (Å²) >= 11 is 0. The number of hydrogen-bond acceptors (Lipinski definition) is 3. The van der Waals surface area contributed by atoms with Crippen LogP contribution in [0, 0.1) is 0 Å². The molecule has 3 rings (SSSR count). The summed E-state index contributed by atoms with van der Waals surface area (Å²) < 4.78 is 5.61. The topological polar surface area (TPSA) is 50.4 Å². The Bertz CT molecular complexity index is 487. The van der Waals surface area contributed by atoms with E-state index in [1.165, 1.54) is 5.56 Å². The number of hydrogen-bond donors (Lipinski definition) is 2. The largest absolute Gasteiger partial charge is 0.383 e. The van der Waals surface area contributed by atoms with E-state index in [0.29, 0.717) is 0 Å². The third-order valence-electron chi connectivity index (χ3n) is 3.86. The maximum absolute atomic E-state index is 12.2. The minimum Gasteiger partial charge on any atom is -0.383 e. The van der Waals surface area contributed by atoms with Crippen molar-refractivity contribution in [1.29, 1.82) is 0 Å². The molecule has 0 radical (unpaired) electrons. The van der Waals surface area contributed by atoms with E-state index in [4.69, 9.17) is 4.74 Å². The highest BCUT2D eigenvalue weighted by Gasteiger charge is 2.28. The zero-order valence-electron chi connectivity index (χ0n) is 11.2. The first-order valence-electron chi connectivity index (χ1n) is 7.06. The Kier molecular flexibility index (Phi) is 3.42. The van der Waals surface area contributed by atoms with Gasteiger partial charge in [0, 0.05) is 6.54 Å². The monoisotopic (exact) mass is 260 g/mol. The van der Waals surface area contributed by atoms with E-state index >= 15 is 0 Å². The fourth-order valence-corrected chi connectivity index (χ4v) is 2.82. The van der Waals surface area contributed by atoms with Gasteiger partial charge in [-0.1, -0.05) is 12.1 Å². The van der Waals surface area contributed by atoms with Crippen LogP contribution in [0.5, 0.6) is 0 Å². The molecule has 1 saturated heterocycles. The van der Waals surface area contributed by atoms with Crippen LogP contribution in [-0.4, -0.2) is 24.7 Å². The number of carbonyl (C=O) groups excluding carboxylic acids is 1. The lowest BCUT2D eigenvalue weighted by molar-refractivity contribution is -0.126. The Morgan fingerprint density at radius 3 is 3.11 bits per heavy atom. The van der Waals surface area contributed by atoms with Gasteiger partial charge in [0.15, 0.2) is 0 Å². The number of carbonyl (C=O) groups is 1. The van der Waals surface area contributed by atoms with Gasteiger partial charge in [0.25, 0.3) is 5.91 Å². The van der Waals surface area contributed by atoms with Crippen molar-refractivity contribution in [1.82, 2.24) is 0 Å². The van der Waals surface area contributed by atoms with Crippen LogP contribution in [-0.2, 0) is 16.0 Å². The summed E-state index contributed by atoms with van der Waals surface area (Å²) in [6.07, 6.45) is 3.89. The molecule has 0 bridgehead atoms. The lowest BCUT2D eigenvalue weighted by atomic mass is 10.0. The third-order valence-corrected chi connectivity index (χ3v) is 3.86. The second-order valence-corrected chi connectivity index (χ2v) is 5.37. The molecule has 1 amide bonds. The Morgan fingerprint density at radius 2 is 2.32 bits per heavy atom. The molecule has 0 aromatic heterocycles. The molecule has 2 heterocycles. The van der Waals surface area contributed by atoms with E-state index < -0.39 is 0 Å². The Labute approximate surface area is 113 Å². The summed E-state index contributed by atoms with van der Waals surface area (Å²) in [7, 11) is 0. The zero-order valence-corrected chi connectivity index (χ0v) is 11.2. The van der Waals surface area contributed by atoms with Crippen molar-refractivity contribution in [3.8, 4) is 0 Å². The maximum atomic E-state index is 12.2. The predicted molar refractivity (Wildman–Crippen MR) is 75.5 cm³/mol. The number of rotatable bonds is 2. The zero-order chi connectivity index (χ0) is 13.2. The molecule has 2 unspecified atom stereocenters. The average Bonchev–Trinajstić information content (AvgIpc) is 2.86. The van der Waals surface area contributed by atoms with Gasteiger partial charge in [0.2, 0.25) is 0 Å². The lowest BCUT2D eigenvalue weighted by Gasteiger charge is -2.22. The fourth-order valence-electron chi connectivity index (χ4n) is 2.82. The van der Waals surface area contributed by atoms with Gasteiger partial charge in [0.1, 0.15) is 6.10 Å². The third kappa shape index (κ3) is 2.59. The fraction of sp³-hybridized carbons (Fsp3) is 0.533. The van der Waals surface area contributed by atoms with Crippen LogP contribution in [0.1, 0.15) is 31.7 Å². The van der Waals surface area contributed by atoms with E-state index in [0.717, 1.165) is 43.6 Å². The maximum Gasteiger partial charge on any atom is 0.253 e.